The van der Waals surface area contributed by atoms with Gasteiger partial charge >= 0.3 is 5.97 Å². The molecule has 5 nitrogen and oxygen atoms in total. The minimum Gasteiger partial charge on any atom is -0.477 e. The predicted octanol–water partition coefficient (Wildman–Crippen LogP) is 3.60. The van der Waals surface area contributed by atoms with E-state index in [4.69, 9.17) is 0 Å². The largest absolute Gasteiger partial charge is 0.477 e. The van der Waals surface area contributed by atoms with Gasteiger partial charge < -0.3 is 5.11 Å². The molecular weight excluding hydrogens is 300 g/mol. The molecule has 0 atom stereocenters. The van der Waals surface area contributed by atoms with Crippen molar-refractivity contribution in [2.75, 3.05) is 5.32 Å². The minimum atomic E-state index is -1.01. The molecule has 0 spiro atoms. The number of rotatable bonds is 5. The Morgan fingerprint density at radius 2 is 2.09 bits per heavy atom. The average molecular weight is 318 g/mol. The van der Waals surface area contributed by atoms with E-state index in [2.05, 4.69) is 10.3 Å². The van der Waals surface area contributed by atoms with Gasteiger partial charge in [0.25, 0.3) is 5.91 Å². The number of hydrogen-bond acceptors (Lipinski definition) is 4. The SMILES string of the molecule is Cc1cccc(C(=O)Nc2nc(CC(C)C)c(C(=O)O)s2)c1. The van der Waals surface area contributed by atoms with Crippen LogP contribution in [0.2, 0.25) is 0 Å². The fourth-order valence-electron chi connectivity index (χ4n) is 2.05. The van der Waals surface area contributed by atoms with Gasteiger partial charge in [0, 0.05) is 5.56 Å². The summed E-state index contributed by atoms with van der Waals surface area (Å²) < 4.78 is 0. The fourth-order valence-corrected chi connectivity index (χ4v) is 2.88. The van der Waals surface area contributed by atoms with E-state index in [0.717, 1.165) is 16.9 Å². The number of benzene rings is 1. The van der Waals surface area contributed by atoms with Crippen LogP contribution < -0.4 is 5.32 Å². The number of carbonyl (C=O) groups excluding carboxylic acids is 1. The molecule has 116 valence electrons. The lowest BCUT2D eigenvalue weighted by atomic mass is 10.1. The number of carboxylic acid groups (broad SMARTS) is 1. The van der Waals surface area contributed by atoms with Crippen LogP contribution >= 0.6 is 11.3 Å². The molecule has 1 heterocycles. The van der Waals surface area contributed by atoms with Gasteiger partial charge in [-0.2, -0.15) is 0 Å². The first kappa shape index (κ1) is 16.2. The van der Waals surface area contributed by atoms with Gasteiger partial charge in [0.1, 0.15) is 4.88 Å². The second kappa shape index (κ2) is 6.70. The van der Waals surface area contributed by atoms with Crippen LogP contribution in [0.15, 0.2) is 24.3 Å². The molecule has 0 fully saturated rings. The number of nitrogens with one attached hydrogen (secondary N) is 1. The topological polar surface area (TPSA) is 79.3 Å². The second-order valence-electron chi connectivity index (χ2n) is 5.52. The molecule has 2 rings (SSSR count). The van der Waals surface area contributed by atoms with E-state index in [0.29, 0.717) is 28.7 Å². The van der Waals surface area contributed by atoms with E-state index in [1.165, 1.54) is 0 Å². The minimum absolute atomic E-state index is 0.188. The molecule has 0 aliphatic rings. The molecule has 6 heteroatoms. The predicted molar refractivity (Wildman–Crippen MR) is 86.7 cm³/mol. The molecule has 1 aromatic heterocycles. The van der Waals surface area contributed by atoms with Crippen molar-refractivity contribution < 1.29 is 14.7 Å². The summed E-state index contributed by atoms with van der Waals surface area (Å²) in [6.45, 7) is 5.90. The third kappa shape index (κ3) is 3.92. The van der Waals surface area contributed by atoms with E-state index in [9.17, 15) is 14.7 Å². The van der Waals surface area contributed by atoms with Crippen LogP contribution in [0, 0.1) is 12.8 Å². The normalized spacial score (nSPS) is 10.7. The molecule has 1 amide bonds. The van der Waals surface area contributed by atoms with Crippen LogP contribution in [0.25, 0.3) is 0 Å². The number of hydrogen-bond donors (Lipinski definition) is 2. The Labute approximate surface area is 133 Å². The summed E-state index contributed by atoms with van der Waals surface area (Å²) in [5.74, 6) is -1.00. The van der Waals surface area contributed by atoms with Crippen molar-refractivity contribution in [2.45, 2.75) is 27.2 Å². The number of amides is 1. The molecule has 1 aromatic carbocycles. The highest BCUT2D eigenvalue weighted by Crippen LogP contribution is 2.25. The molecule has 0 saturated carbocycles. The number of nitrogens with zero attached hydrogens (tertiary/aromatic N) is 1. The van der Waals surface area contributed by atoms with Gasteiger partial charge in [0.05, 0.1) is 5.69 Å². The quantitative estimate of drug-likeness (QED) is 0.883. The smallest absolute Gasteiger partial charge is 0.347 e. The third-order valence-corrected chi connectivity index (χ3v) is 3.99. The van der Waals surface area contributed by atoms with Crippen molar-refractivity contribution in [3.63, 3.8) is 0 Å². The Balaban J connectivity index is 2.22. The Morgan fingerprint density at radius 3 is 2.68 bits per heavy atom. The summed E-state index contributed by atoms with van der Waals surface area (Å²) in [4.78, 5) is 27.9. The van der Waals surface area contributed by atoms with Crippen molar-refractivity contribution >= 4 is 28.3 Å². The lowest BCUT2D eigenvalue weighted by Crippen LogP contribution is -2.11. The van der Waals surface area contributed by atoms with Gasteiger partial charge in [0.15, 0.2) is 5.13 Å². The Morgan fingerprint density at radius 1 is 1.36 bits per heavy atom. The van der Waals surface area contributed by atoms with Crippen molar-refractivity contribution in [3.8, 4) is 0 Å². The lowest BCUT2D eigenvalue weighted by Gasteiger charge is -2.03. The number of aryl methyl sites for hydroxylation is 1. The van der Waals surface area contributed by atoms with Crippen LogP contribution in [0.5, 0.6) is 0 Å². The monoisotopic (exact) mass is 318 g/mol. The molecule has 0 aliphatic heterocycles. The number of aromatic nitrogens is 1. The zero-order chi connectivity index (χ0) is 16.3. The van der Waals surface area contributed by atoms with Crippen molar-refractivity contribution in [1.82, 2.24) is 4.98 Å². The zero-order valence-electron chi connectivity index (χ0n) is 12.7. The first-order chi connectivity index (χ1) is 10.4. The van der Waals surface area contributed by atoms with Crippen molar-refractivity contribution in [2.24, 2.45) is 5.92 Å². The van der Waals surface area contributed by atoms with Crippen LogP contribution in [-0.4, -0.2) is 22.0 Å². The molecule has 0 saturated heterocycles. The maximum Gasteiger partial charge on any atom is 0.347 e. The highest BCUT2D eigenvalue weighted by atomic mass is 32.1. The van der Waals surface area contributed by atoms with Crippen LogP contribution in [0.4, 0.5) is 5.13 Å². The summed E-state index contributed by atoms with van der Waals surface area (Å²) in [7, 11) is 0. The van der Waals surface area contributed by atoms with E-state index < -0.39 is 5.97 Å². The molecule has 0 unspecified atom stereocenters. The van der Waals surface area contributed by atoms with Gasteiger partial charge in [-0.25, -0.2) is 9.78 Å². The maximum atomic E-state index is 12.2. The van der Waals surface area contributed by atoms with Crippen molar-refractivity contribution in [3.05, 3.63) is 46.0 Å². The average Bonchev–Trinajstić information content (AvgIpc) is 2.80. The van der Waals surface area contributed by atoms with E-state index in [-0.39, 0.29) is 10.8 Å². The molecule has 2 N–H and O–H groups in total. The molecule has 2 aromatic rings. The summed E-state index contributed by atoms with van der Waals surface area (Å²) in [5.41, 5.74) is 2.03. The highest BCUT2D eigenvalue weighted by molar-refractivity contribution is 7.17. The Bertz CT molecular complexity index is 707. The van der Waals surface area contributed by atoms with Gasteiger partial charge in [0.2, 0.25) is 0 Å². The van der Waals surface area contributed by atoms with Crippen LogP contribution in [0.1, 0.15) is 45.1 Å². The van der Waals surface area contributed by atoms with E-state index >= 15 is 0 Å². The van der Waals surface area contributed by atoms with Crippen molar-refractivity contribution in [1.29, 1.82) is 0 Å². The molecule has 0 aliphatic carbocycles. The van der Waals surface area contributed by atoms with Crippen LogP contribution in [0.3, 0.4) is 0 Å². The highest BCUT2D eigenvalue weighted by Gasteiger charge is 2.19. The first-order valence-corrected chi connectivity index (χ1v) is 7.79. The number of aromatic carboxylic acids is 1. The summed E-state index contributed by atoms with van der Waals surface area (Å²) in [6, 6.07) is 7.20. The molecular formula is C16H18N2O3S. The summed E-state index contributed by atoms with van der Waals surface area (Å²) in [5, 5.41) is 12.2. The third-order valence-electron chi connectivity index (χ3n) is 2.99. The van der Waals surface area contributed by atoms with Gasteiger partial charge in [-0.05, 0) is 31.4 Å². The molecule has 0 bridgehead atoms. The number of carboxylic acids is 1. The number of thiazole rings is 1. The van der Waals surface area contributed by atoms with Gasteiger partial charge in [-0.3, -0.25) is 10.1 Å². The Kier molecular flexibility index (Phi) is 4.92. The zero-order valence-corrected chi connectivity index (χ0v) is 13.5. The van der Waals surface area contributed by atoms with Crippen LogP contribution in [-0.2, 0) is 6.42 Å². The standard InChI is InChI=1S/C16H18N2O3S/c1-9(2)7-12-13(15(20)21)22-16(17-12)18-14(19)11-6-4-5-10(3)8-11/h4-6,8-9H,7H2,1-3H3,(H,20,21)(H,17,18,19). The van der Waals surface area contributed by atoms with Gasteiger partial charge in [-0.1, -0.05) is 42.9 Å². The lowest BCUT2D eigenvalue weighted by molar-refractivity contribution is 0.0700. The summed E-state index contributed by atoms with van der Waals surface area (Å²) >= 11 is 0.994. The number of carbonyl (C=O) groups is 2. The van der Waals surface area contributed by atoms with E-state index in [1.807, 2.05) is 26.8 Å². The Hall–Kier alpha value is -2.21. The van der Waals surface area contributed by atoms with E-state index in [1.54, 1.807) is 18.2 Å². The molecule has 22 heavy (non-hydrogen) atoms. The fraction of sp³-hybridized carbons (Fsp3) is 0.312. The number of anilines is 1. The van der Waals surface area contributed by atoms with Gasteiger partial charge in [-0.15, -0.1) is 0 Å². The second-order valence-corrected chi connectivity index (χ2v) is 6.52. The maximum absolute atomic E-state index is 12.2. The summed E-state index contributed by atoms with van der Waals surface area (Å²) in [6.07, 6.45) is 0.568. The molecule has 0 radical (unpaired) electrons. The first-order valence-electron chi connectivity index (χ1n) is 6.98.